The first-order chi connectivity index (χ1) is 11.1. The summed E-state index contributed by atoms with van der Waals surface area (Å²) >= 11 is 6.27. The lowest BCUT2D eigenvalue weighted by Crippen LogP contribution is -2.08. The van der Waals surface area contributed by atoms with E-state index in [1.54, 1.807) is 36.4 Å². The summed E-state index contributed by atoms with van der Waals surface area (Å²) in [6, 6.07) is 11.3. The zero-order valence-electron chi connectivity index (χ0n) is 11.8. The summed E-state index contributed by atoms with van der Waals surface area (Å²) in [6.45, 7) is 0.0235. The van der Waals surface area contributed by atoms with E-state index < -0.39 is 10.7 Å². The molecule has 0 fully saturated rings. The second-order valence-corrected chi connectivity index (χ2v) is 5.28. The first-order valence-electron chi connectivity index (χ1n) is 6.75. The number of hydrogen-bond donors (Lipinski definition) is 1. The molecule has 0 aromatic heterocycles. The molecule has 0 radical (unpaired) electrons. The molecule has 3 rings (SSSR count). The van der Waals surface area contributed by atoms with Gasteiger partial charge in [0.25, 0.3) is 6.20 Å². The highest BCUT2D eigenvalue weighted by atomic mass is 35.5. The smallest absolute Gasteiger partial charge is 0.255 e. The van der Waals surface area contributed by atoms with Gasteiger partial charge >= 0.3 is 0 Å². The monoisotopic (exact) mass is 331 g/mol. The lowest BCUT2D eigenvalue weighted by Gasteiger charge is -2.12. The fourth-order valence-electron chi connectivity index (χ4n) is 2.40. The van der Waals surface area contributed by atoms with Gasteiger partial charge in [-0.1, -0.05) is 29.8 Å². The van der Waals surface area contributed by atoms with Crippen LogP contribution in [0.2, 0.25) is 5.02 Å². The number of halogens is 2. The Kier molecular flexibility index (Phi) is 4.08. The van der Waals surface area contributed by atoms with Crippen LogP contribution in [-0.4, -0.2) is 17.2 Å². The summed E-state index contributed by atoms with van der Waals surface area (Å²) in [5.74, 6) is -0.432. The van der Waals surface area contributed by atoms with Gasteiger partial charge in [0.2, 0.25) is 0 Å². The third kappa shape index (κ3) is 3.07. The van der Waals surface area contributed by atoms with Crippen molar-refractivity contribution in [3.63, 3.8) is 0 Å². The van der Waals surface area contributed by atoms with E-state index in [0.29, 0.717) is 33.2 Å². The molecule has 1 aliphatic rings. The number of nitrogens with one attached hydrogen (secondary N) is 1. The van der Waals surface area contributed by atoms with Crippen LogP contribution in [0.15, 0.2) is 59.4 Å². The quantitative estimate of drug-likeness (QED) is 0.671. The molecule has 1 aliphatic heterocycles. The summed E-state index contributed by atoms with van der Waals surface area (Å²) in [5, 5.41) is 14.1. The number of benzene rings is 2. The Morgan fingerprint density at radius 1 is 1.26 bits per heavy atom. The molecule has 0 atom stereocenters. The van der Waals surface area contributed by atoms with E-state index in [4.69, 9.17) is 11.6 Å². The van der Waals surface area contributed by atoms with E-state index >= 15 is 0 Å². The number of anilines is 1. The van der Waals surface area contributed by atoms with Gasteiger partial charge in [-0.3, -0.25) is 15.1 Å². The minimum Gasteiger partial charge on any atom is -0.352 e. The second kappa shape index (κ2) is 6.18. The molecule has 23 heavy (non-hydrogen) atoms. The number of fused-ring (bicyclic) bond motifs is 1. The van der Waals surface area contributed by atoms with Gasteiger partial charge in [-0.25, -0.2) is 4.39 Å². The molecule has 2 aromatic carbocycles. The lowest BCUT2D eigenvalue weighted by molar-refractivity contribution is -0.403. The molecule has 1 heterocycles. The Hall–Kier alpha value is -2.73. The minimum absolute atomic E-state index is 0.0235. The molecule has 0 aliphatic carbocycles. The van der Waals surface area contributed by atoms with Crippen molar-refractivity contribution in [2.45, 2.75) is 0 Å². The number of rotatable bonds is 2. The molecule has 0 unspecified atom stereocenters. The molecule has 5 nitrogen and oxygen atoms in total. The zero-order chi connectivity index (χ0) is 16.4. The predicted octanol–water partition coefficient (Wildman–Crippen LogP) is 3.86. The van der Waals surface area contributed by atoms with Crippen molar-refractivity contribution >= 4 is 23.0 Å². The third-order valence-corrected chi connectivity index (χ3v) is 3.66. The number of nitro groups is 1. The van der Waals surface area contributed by atoms with Crippen molar-refractivity contribution in [3.05, 3.63) is 86.4 Å². The van der Waals surface area contributed by atoms with E-state index in [1.807, 2.05) is 0 Å². The van der Waals surface area contributed by atoms with Crippen LogP contribution < -0.4 is 5.32 Å². The maximum Gasteiger partial charge on any atom is 0.255 e. The molecule has 0 amide bonds. The van der Waals surface area contributed by atoms with E-state index in [2.05, 4.69) is 10.3 Å². The number of hydrogen-bond acceptors (Lipinski definition) is 4. The van der Waals surface area contributed by atoms with Crippen LogP contribution in [0, 0.1) is 15.9 Å². The standard InChI is InChI=1S/C16H11ClFN3O2/c17-12-5-3-7-14-15(12)16(11-4-1-2-6-13(11)18)19-8-10(20-14)9-21(22)23/h1-7,9,20H,8H2/b10-9+. The van der Waals surface area contributed by atoms with Gasteiger partial charge in [-0.15, -0.1) is 0 Å². The van der Waals surface area contributed by atoms with Crippen LogP contribution in [0.25, 0.3) is 0 Å². The van der Waals surface area contributed by atoms with Gasteiger partial charge in [-0.05, 0) is 24.3 Å². The second-order valence-electron chi connectivity index (χ2n) is 4.87. The van der Waals surface area contributed by atoms with Crippen LogP contribution in [-0.2, 0) is 0 Å². The molecule has 2 aromatic rings. The molecule has 0 bridgehead atoms. The molecule has 0 saturated heterocycles. The van der Waals surface area contributed by atoms with Gasteiger partial charge in [-0.2, -0.15) is 0 Å². The van der Waals surface area contributed by atoms with Crippen LogP contribution in [0.3, 0.4) is 0 Å². The lowest BCUT2D eigenvalue weighted by atomic mass is 10.00. The van der Waals surface area contributed by atoms with E-state index in [1.165, 1.54) is 6.07 Å². The third-order valence-electron chi connectivity index (χ3n) is 3.34. The number of nitrogens with zero attached hydrogens (tertiary/aromatic N) is 2. The molecular weight excluding hydrogens is 321 g/mol. The van der Waals surface area contributed by atoms with E-state index in [9.17, 15) is 14.5 Å². The van der Waals surface area contributed by atoms with Gasteiger partial charge < -0.3 is 5.32 Å². The van der Waals surface area contributed by atoms with Crippen molar-refractivity contribution in [2.75, 3.05) is 11.9 Å². The van der Waals surface area contributed by atoms with Crippen molar-refractivity contribution < 1.29 is 9.31 Å². The fraction of sp³-hybridized carbons (Fsp3) is 0.0625. The molecule has 1 N–H and O–H groups in total. The Morgan fingerprint density at radius 2 is 2.04 bits per heavy atom. The average Bonchev–Trinajstić information content (AvgIpc) is 2.67. The van der Waals surface area contributed by atoms with Gasteiger partial charge in [0, 0.05) is 16.8 Å². The van der Waals surface area contributed by atoms with Gasteiger partial charge in [0.15, 0.2) is 0 Å². The maximum atomic E-state index is 14.2. The molecule has 7 heteroatoms. The number of aliphatic imine (C=N–C) groups is 1. The normalized spacial score (nSPS) is 15.4. The summed E-state index contributed by atoms with van der Waals surface area (Å²) in [7, 11) is 0. The van der Waals surface area contributed by atoms with Crippen molar-refractivity contribution in [1.29, 1.82) is 0 Å². The van der Waals surface area contributed by atoms with Crippen molar-refractivity contribution in [3.8, 4) is 0 Å². The molecule has 0 spiro atoms. The molecule has 116 valence electrons. The van der Waals surface area contributed by atoms with Crippen LogP contribution in [0.4, 0.5) is 10.1 Å². The van der Waals surface area contributed by atoms with Crippen LogP contribution in [0.1, 0.15) is 11.1 Å². The SMILES string of the molecule is O=[N+]([O-])/C=C1\CN=C(c2ccccc2F)c2c(Cl)cccc2N1. The van der Waals surface area contributed by atoms with Crippen LogP contribution in [0.5, 0.6) is 0 Å². The largest absolute Gasteiger partial charge is 0.352 e. The Balaban J connectivity index is 2.22. The number of benzodiazepines with no additional fused rings is 1. The highest BCUT2D eigenvalue weighted by Crippen LogP contribution is 2.31. The van der Waals surface area contributed by atoms with Crippen molar-refractivity contribution in [1.82, 2.24) is 0 Å². The molecular formula is C16H11ClFN3O2. The maximum absolute atomic E-state index is 14.2. The summed E-state index contributed by atoms with van der Waals surface area (Å²) in [5.41, 5.74) is 2.02. The molecule has 0 saturated carbocycles. The van der Waals surface area contributed by atoms with Gasteiger partial charge in [0.05, 0.1) is 22.2 Å². The zero-order valence-corrected chi connectivity index (χ0v) is 12.5. The first kappa shape index (κ1) is 15.2. The highest BCUT2D eigenvalue weighted by molar-refractivity contribution is 6.36. The highest BCUT2D eigenvalue weighted by Gasteiger charge is 2.22. The Labute approximate surface area is 136 Å². The van der Waals surface area contributed by atoms with E-state index in [-0.39, 0.29) is 6.54 Å². The average molecular weight is 332 g/mol. The summed E-state index contributed by atoms with van der Waals surface area (Å²) in [6.07, 6.45) is 0.846. The predicted molar refractivity (Wildman–Crippen MR) is 87.1 cm³/mol. The van der Waals surface area contributed by atoms with Crippen LogP contribution >= 0.6 is 11.6 Å². The topological polar surface area (TPSA) is 67.5 Å². The Morgan fingerprint density at radius 3 is 2.78 bits per heavy atom. The summed E-state index contributed by atoms with van der Waals surface area (Å²) < 4.78 is 14.2. The van der Waals surface area contributed by atoms with Crippen molar-refractivity contribution in [2.24, 2.45) is 4.99 Å². The summed E-state index contributed by atoms with van der Waals surface area (Å²) in [4.78, 5) is 14.5. The Bertz CT molecular complexity index is 849. The minimum atomic E-state index is -0.559. The fourth-order valence-corrected chi connectivity index (χ4v) is 2.66. The van der Waals surface area contributed by atoms with Gasteiger partial charge in [0.1, 0.15) is 11.5 Å². The van der Waals surface area contributed by atoms with E-state index in [0.717, 1.165) is 6.20 Å². The first-order valence-corrected chi connectivity index (χ1v) is 7.13.